The first-order chi connectivity index (χ1) is 8.20. The van der Waals surface area contributed by atoms with E-state index < -0.39 is 0 Å². The van der Waals surface area contributed by atoms with Gasteiger partial charge in [-0.1, -0.05) is 26.2 Å². The number of nitrogens with two attached hydrogens (primary N) is 1. The zero-order chi connectivity index (χ0) is 12.3. The SMILES string of the molecule is CC1C(N)CCCC1C(=O)N1CCCCCC1. The maximum atomic E-state index is 12.5. The molecule has 3 heteroatoms. The maximum Gasteiger partial charge on any atom is 0.226 e. The molecule has 2 fully saturated rings. The molecule has 1 saturated heterocycles. The lowest BCUT2D eigenvalue weighted by molar-refractivity contribution is -0.138. The lowest BCUT2D eigenvalue weighted by Crippen LogP contribution is -2.46. The predicted octanol–water partition coefficient (Wildman–Crippen LogP) is 2.15. The molecule has 1 saturated carbocycles. The van der Waals surface area contributed by atoms with Gasteiger partial charge in [-0.2, -0.15) is 0 Å². The van der Waals surface area contributed by atoms with E-state index in [9.17, 15) is 4.79 Å². The van der Waals surface area contributed by atoms with Crippen molar-refractivity contribution in [1.82, 2.24) is 4.90 Å². The van der Waals surface area contributed by atoms with E-state index in [4.69, 9.17) is 5.73 Å². The third kappa shape index (κ3) is 3.01. The van der Waals surface area contributed by atoms with E-state index in [-0.39, 0.29) is 12.0 Å². The third-order valence-electron chi connectivity index (χ3n) is 4.60. The van der Waals surface area contributed by atoms with Crippen LogP contribution in [-0.2, 0) is 4.79 Å². The van der Waals surface area contributed by atoms with Crippen molar-refractivity contribution < 1.29 is 4.79 Å². The highest BCUT2D eigenvalue weighted by molar-refractivity contribution is 5.79. The number of likely N-dealkylation sites (tertiary alicyclic amines) is 1. The highest BCUT2D eigenvalue weighted by atomic mass is 16.2. The van der Waals surface area contributed by atoms with Gasteiger partial charge in [-0.05, 0) is 31.6 Å². The minimum Gasteiger partial charge on any atom is -0.342 e. The van der Waals surface area contributed by atoms with Gasteiger partial charge in [-0.25, -0.2) is 0 Å². The van der Waals surface area contributed by atoms with Crippen molar-refractivity contribution in [2.75, 3.05) is 13.1 Å². The number of carbonyl (C=O) groups is 1. The largest absolute Gasteiger partial charge is 0.342 e. The zero-order valence-electron chi connectivity index (χ0n) is 11.0. The van der Waals surface area contributed by atoms with E-state index in [0.29, 0.717) is 11.8 Å². The summed E-state index contributed by atoms with van der Waals surface area (Å²) in [5, 5.41) is 0. The molecule has 1 amide bonds. The molecule has 3 unspecified atom stereocenters. The summed E-state index contributed by atoms with van der Waals surface area (Å²) in [5.41, 5.74) is 6.10. The predicted molar refractivity (Wildman–Crippen MR) is 69.5 cm³/mol. The summed E-state index contributed by atoms with van der Waals surface area (Å²) in [6.45, 7) is 4.10. The molecular formula is C14H26N2O. The second-order valence-electron chi connectivity index (χ2n) is 5.80. The standard InChI is InChI=1S/C14H26N2O/c1-11-12(7-6-8-13(11)15)14(17)16-9-4-2-3-5-10-16/h11-13H,2-10,15H2,1H3. The first-order valence-corrected chi connectivity index (χ1v) is 7.24. The van der Waals surface area contributed by atoms with Crippen LogP contribution in [0.5, 0.6) is 0 Å². The van der Waals surface area contributed by atoms with Gasteiger partial charge in [0.05, 0.1) is 0 Å². The summed E-state index contributed by atoms with van der Waals surface area (Å²) >= 11 is 0. The molecule has 0 radical (unpaired) electrons. The Labute approximate surface area is 105 Å². The fraction of sp³-hybridized carbons (Fsp3) is 0.929. The molecule has 0 aromatic carbocycles. The Kier molecular flexibility index (Phi) is 4.43. The van der Waals surface area contributed by atoms with Crippen molar-refractivity contribution in [3.8, 4) is 0 Å². The fourth-order valence-corrected chi connectivity index (χ4v) is 3.27. The molecule has 98 valence electrons. The topological polar surface area (TPSA) is 46.3 Å². The summed E-state index contributed by atoms with van der Waals surface area (Å²) in [6.07, 6.45) is 8.18. The van der Waals surface area contributed by atoms with Crippen LogP contribution in [0.3, 0.4) is 0 Å². The van der Waals surface area contributed by atoms with Gasteiger partial charge in [0, 0.05) is 25.0 Å². The third-order valence-corrected chi connectivity index (χ3v) is 4.60. The van der Waals surface area contributed by atoms with Crippen LogP contribution in [0.25, 0.3) is 0 Å². The summed E-state index contributed by atoms with van der Waals surface area (Å²) < 4.78 is 0. The van der Waals surface area contributed by atoms with Gasteiger partial charge in [0.1, 0.15) is 0 Å². The van der Waals surface area contributed by atoms with Crippen molar-refractivity contribution in [2.24, 2.45) is 17.6 Å². The number of hydrogen-bond acceptors (Lipinski definition) is 2. The van der Waals surface area contributed by atoms with E-state index in [1.165, 1.54) is 25.7 Å². The molecule has 17 heavy (non-hydrogen) atoms. The van der Waals surface area contributed by atoms with Crippen LogP contribution in [-0.4, -0.2) is 29.9 Å². The van der Waals surface area contributed by atoms with Gasteiger partial charge in [0.2, 0.25) is 5.91 Å². The summed E-state index contributed by atoms with van der Waals surface area (Å²) in [5.74, 6) is 0.936. The first-order valence-electron chi connectivity index (χ1n) is 7.24. The van der Waals surface area contributed by atoms with E-state index in [1.54, 1.807) is 0 Å². The lowest BCUT2D eigenvalue weighted by atomic mass is 9.76. The van der Waals surface area contributed by atoms with Crippen LogP contribution in [0.15, 0.2) is 0 Å². The number of nitrogens with zero attached hydrogens (tertiary/aromatic N) is 1. The summed E-state index contributed by atoms with van der Waals surface area (Å²) in [7, 11) is 0. The van der Waals surface area contributed by atoms with Crippen molar-refractivity contribution in [1.29, 1.82) is 0 Å². The number of rotatable bonds is 1. The van der Waals surface area contributed by atoms with Crippen molar-refractivity contribution in [2.45, 2.75) is 57.9 Å². The second-order valence-corrected chi connectivity index (χ2v) is 5.80. The average Bonchev–Trinajstić information content (AvgIpc) is 2.60. The van der Waals surface area contributed by atoms with E-state index in [2.05, 4.69) is 11.8 Å². The molecule has 1 aliphatic carbocycles. The number of amides is 1. The fourth-order valence-electron chi connectivity index (χ4n) is 3.27. The molecule has 0 bridgehead atoms. The first kappa shape index (κ1) is 12.9. The molecule has 3 atom stereocenters. The van der Waals surface area contributed by atoms with Gasteiger partial charge in [-0.15, -0.1) is 0 Å². The molecule has 1 aliphatic heterocycles. The average molecular weight is 238 g/mol. The molecule has 2 rings (SSSR count). The zero-order valence-corrected chi connectivity index (χ0v) is 11.0. The smallest absolute Gasteiger partial charge is 0.226 e. The monoisotopic (exact) mass is 238 g/mol. The molecule has 0 aromatic rings. The summed E-state index contributed by atoms with van der Waals surface area (Å²) in [6, 6.07) is 0.227. The molecule has 0 aromatic heterocycles. The highest BCUT2D eigenvalue weighted by Gasteiger charge is 2.34. The van der Waals surface area contributed by atoms with Crippen LogP contribution in [0.2, 0.25) is 0 Å². The van der Waals surface area contributed by atoms with Crippen LogP contribution >= 0.6 is 0 Å². The van der Waals surface area contributed by atoms with Gasteiger partial charge in [0.25, 0.3) is 0 Å². The van der Waals surface area contributed by atoms with Crippen LogP contribution < -0.4 is 5.73 Å². The number of hydrogen-bond donors (Lipinski definition) is 1. The lowest BCUT2D eigenvalue weighted by Gasteiger charge is -2.36. The van der Waals surface area contributed by atoms with Crippen molar-refractivity contribution in [3.05, 3.63) is 0 Å². The minimum absolute atomic E-state index is 0.192. The Morgan fingerprint density at radius 3 is 2.35 bits per heavy atom. The Hall–Kier alpha value is -0.570. The van der Waals surface area contributed by atoms with E-state index in [0.717, 1.165) is 32.4 Å². The molecule has 2 aliphatic rings. The molecule has 1 heterocycles. The maximum absolute atomic E-state index is 12.5. The van der Waals surface area contributed by atoms with Crippen LogP contribution in [0, 0.1) is 11.8 Å². The second kappa shape index (κ2) is 5.85. The van der Waals surface area contributed by atoms with Gasteiger partial charge < -0.3 is 10.6 Å². The minimum atomic E-state index is 0.192. The van der Waals surface area contributed by atoms with Crippen molar-refractivity contribution in [3.63, 3.8) is 0 Å². The van der Waals surface area contributed by atoms with Gasteiger partial charge >= 0.3 is 0 Å². The Morgan fingerprint density at radius 2 is 1.71 bits per heavy atom. The highest BCUT2D eigenvalue weighted by Crippen LogP contribution is 2.31. The Morgan fingerprint density at radius 1 is 1.06 bits per heavy atom. The normalized spacial score (nSPS) is 35.4. The quantitative estimate of drug-likeness (QED) is 0.761. The Bertz CT molecular complexity index is 259. The Balaban J connectivity index is 1.97. The van der Waals surface area contributed by atoms with Crippen molar-refractivity contribution >= 4 is 5.91 Å². The van der Waals surface area contributed by atoms with Gasteiger partial charge in [0.15, 0.2) is 0 Å². The molecule has 3 nitrogen and oxygen atoms in total. The molecule has 2 N–H and O–H groups in total. The summed E-state index contributed by atoms with van der Waals surface area (Å²) in [4.78, 5) is 14.6. The van der Waals surface area contributed by atoms with Crippen LogP contribution in [0.1, 0.15) is 51.9 Å². The van der Waals surface area contributed by atoms with Crippen LogP contribution in [0.4, 0.5) is 0 Å². The number of carbonyl (C=O) groups excluding carboxylic acids is 1. The molecule has 0 spiro atoms. The molecular weight excluding hydrogens is 212 g/mol. The van der Waals surface area contributed by atoms with E-state index in [1.807, 2.05) is 0 Å². The van der Waals surface area contributed by atoms with Gasteiger partial charge in [-0.3, -0.25) is 4.79 Å². The van der Waals surface area contributed by atoms with E-state index >= 15 is 0 Å².